The molecule has 3 rings (SSSR count). The number of rotatable bonds is 6. The molecule has 0 amide bonds. The molecule has 0 atom stereocenters. The average molecular weight is 287 g/mol. The van der Waals surface area contributed by atoms with Crippen molar-refractivity contribution in [2.45, 2.75) is 13.0 Å². The van der Waals surface area contributed by atoms with E-state index < -0.39 is 4.92 Å². The number of nitro benzene ring substituents is 1. The number of anilines is 1. The molecule has 8 nitrogen and oxygen atoms in total. The lowest BCUT2D eigenvalue weighted by atomic mass is 10.3. The second-order valence-electron chi connectivity index (χ2n) is 4.51. The van der Waals surface area contributed by atoms with Gasteiger partial charge in [-0.2, -0.15) is 4.98 Å². The van der Waals surface area contributed by atoms with Gasteiger partial charge in [0.15, 0.2) is 5.58 Å². The van der Waals surface area contributed by atoms with E-state index in [0.29, 0.717) is 23.7 Å². The van der Waals surface area contributed by atoms with Gasteiger partial charge in [0, 0.05) is 31.5 Å². The fourth-order valence-electron chi connectivity index (χ4n) is 1.98. The number of hydrogen-bond donors (Lipinski definition) is 1. The van der Waals surface area contributed by atoms with Gasteiger partial charge in [-0.1, -0.05) is 0 Å². The van der Waals surface area contributed by atoms with E-state index in [9.17, 15) is 10.1 Å². The molecule has 0 aliphatic heterocycles. The largest absolute Gasteiger partial charge is 0.423 e. The Morgan fingerprint density at radius 3 is 3.10 bits per heavy atom. The highest BCUT2D eigenvalue weighted by molar-refractivity contribution is 5.77. The van der Waals surface area contributed by atoms with Crippen LogP contribution in [0.4, 0.5) is 11.7 Å². The SMILES string of the molecule is O=[N+]([O-])c1ccc2nc(NCCCn3ccnc3)oc2c1. The number of nitrogens with one attached hydrogen (secondary N) is 1. The van der Waals surface area contributed by atoms with E-state index in [1.54, 1.807) is 18.6 Å². The van der Waals surface area contributed by atoms with E-state index in [1.165, 1.54) is 12.1 Å². The Kier molecular flexibility index (Phi) is 3.50. The number of nitro groups is 1. The summed E-state index contributed by atoms with van der Waals surface area (Å²) in [6.45, 7) is 1.53. The number of oxazole rings is 1. The van der Waals surface area contributed by atoms with E-state index in [2.05, 4.69) is 15.3 Å². The molecular formula is C13H13N5O3. The number of fused-ring (bicyclic) bond motifs is 1. The van der Waals surface area contributed by atoms with Gasteiger partial charge in [0.25, 0.3) is 11.7 Å². The molecule has 0 saturated carbocycles. The Labute approximate surface area is 119 Å². The fourth-order valence-corrected chi connectivity index (χ4v) is 1.98. The number of nitrogens with zero attached hydrogens (tertiary/aromatic N) is 4. The third kappa shape index (κ3) is 2.99. The summed E-state index contributed by atoms with van der Waals surface area (Å²) in [5, 5.41) is 13.8. The van der Waals surface area contributed by atoms with Crippen molar-refractivity contribution in [2.75, 3.05) is 11.9 Å². The molecule has 0 fully saturated rings. The lowest BCUT2D eigenvalue weighted by Gasteiger charge is -2.02. The normalized spacial score (nSPS) is 10.9. The summed E-state index contributed by atoms with van der Waals surface area (Å²) in [6, 6.07) is 4.73. The monoisotopic (exact) mass is 287 g/mol. The predicted molar refractivity (Wildman–Crippen MR) is 76.0 cm³/mol. The molecule has 0 aliphatic rings. The summed E-state index contributed by atoms with van der Waals surface area (Å²) in [5.74, 6) is 0. The molecule has 1 N–H and O–H groups in total. The highest BCUT2D eigenvalue weighted by atomic mass is 16.6. The van der Waals surface area contributed by atoms with Crippen LogP contribution in [0.5, 0.6) is 0 Å². The summed E-state index contributed by atoms with van der Waals surface area (Å²) in [5.41, 5.74) is 0.990. The van der Waals surface area contributed by atoms with E-state index in [0.717, 1.165) is 13.0 Å². The maximum atomic E-state index is 10.7. The highest BCUT2D eigenvalue weighted by Gasteiger charge is 2.11. The maximum absolute atomic E-state index is 10.7. The molecule has 0 aliphatic carbocycles. The quantitative estimate of drug-likeness (QED) is 0.424. The number of aromatic nitrogens is 3. The number of aryl methyl sites for hydroxylation is 1. The van der Waals surface area contributed by atoms with Gasteiger partial charge >= 0.3 is 0 Å². The zero-order chi connectivity index (χ0) is 14.7. The van der Waals surface area contributed by atoms with Crippen LogP contribution in [0.15, 0.2) is 41.3 Å². The van der Waals surface area contributed by atoms with Crippen molar-refractivity contribution in [1.82, 2.24) is 14.5 Å². The van der Waals surface area contributed by atoms with Crippen LogP contribution < -0.4 is 5.32 Å². The summed E-state index contributed by atoms with van der Waals surface area (Å²) >= 11 is 0. The van der Waals surface area contributed by atoms with Crippen LogP contribution in [0.2, 0.25) is 0 Å². The van der Waals surface area contributed by atoms with Crippen molar-refractivity contribution < 1.29 is 9.34 Å². The number of non-ortho nitro benzene ring substituents is 1. The third-order valence-electron chi connectivity index (χ3n) is 3.01. The summed E-state index contributed by atoms with van der Waals surface area (Å²) in [6.07, 6.45) is 6.29. The van der Waals surface area contributed by atoms with Gasteiger partial charge in [-0.3, -0.25) is 10.1 Å². The Bertz CT molecular complexity index is 750. The zero-order valence-electron chi connectivity index (χ0n) is 11.1. The summed E-state index contributed by atoms with van der Waals surface area (Å²) in [4.78, 5) is 18.4. The average Bonchev–Trinajstić information content (AvgIpc) is 3.11. The van der Waals surface area contributed by atoms with Crippen molar-refractivity contribution in [3.63, 3.8) is 0 Å². The topological polar surface area (TPSA) is 99.0 Å². The minimum atomic E-state index is -0.458. The molecule has 1 aromatic carbocycles. The first-order valence-corrected chi connectivity index (χ1v) is 6.47. The molecule has 2 aromatic heterocycles. The summed E-state index contributed by atoms with van der Waals surface area (Å²) < 4.78 is 7.43. The second kappa shape index (κ2) is 5.61. The minimum absolute atomic E-state index is 0.00897. The van der Waals surface area contributed by atoms with E-state index >= 15 is 0 Å². The Balaban J connectivity index is 1.60. The van der Waals surface area contributed by atoms with Crippen molar-refractivity contribution in [3.8, 4) is 0 Å². The minimum Gasteiger partial charge on any atom is -0.423 e. The van der Waals surface area contributed by atoms with Crippen molar-refractivity contribution in [2.24, 2.45) is 0 Å². The third-order valence-corrected chi connectivity index (χ3v) is 3.01. The molecule has 0 radical (unpaired) electrons. The molecule has 108 valence electrons. The molecule has 8 heteroatoms. The van der Waals surface area contributed by atoms with Crippen LogP contribution in [0.25, 0.3) is 11.1 Å². The Morgan fingerprint density at radius 2 is 2.33 bits per heavy atom. The van der Waals surface area contributed by atoms with Crippen LogP contribution >= 0.6 is 0 Å². The van der Waals surface area contributed by atoms with Gasteiger partial charge < -0.3 is 14.3 Å². The van der Waals surface area contributed by atoms with Crippen molar-refractivity contribution in [1.29, 1.82) is 0 Å². The first kappa shape index (κ1) is 13.1. The zero-order valence-corrected chi connectivity index (χ0v) is 11.1. The first-order chi connectivity index (χ1) is 10.2. The van der Waals surface area contributed by atoms with Crippen LogP contribution in [-0.4, -0.2) is 26.0 Å². The number of hydrogen-bond acceptors (Lipinski definition) is 6. The van der Waals surface area contributed by atoms with Gasteiger partial charge in [0.2, 0.25) is 0 Å². The lowest BCUT2D eigenvalue weighted by molar-refractivity contribution is -0.384. The van der Waals surface area contributed by atoms with Crippen LogP contribution in [-0.2, 0) is 6.54 Å². The molecule has 0 spiro atoms. The molecule has 0 unspecified atom stereocenters. The predicted octanol–water partition coefficient (Wildman–Crippen LogP) is 2.43. The van der Waals surface area contributed by atoms with E-state index in [4.69, 9.17) is 4.42 Å². The van der Waals surface area contributed by atoms with E-state index in [-0.39, 0.29) is 5.69 Å². The van der Waals surface area contributed by atoms with Crippen LogP contribution in [0.1, 0.15) is 6.42 Å². The second-order valence-corrected chi connectivity index (χ2v) is 4.51. The van der Waals surface area contributed by atoms with Gasteiger partial charge in [-0.05, 0) is 12.5 Å². The molecule has 21 heavy (non-hydrogen) atoms. The van der Waals surface area contributed by atoms with Crippen molar-refractivity contribution in [3.05, 3.63) is 47.0 Å². The number of benzene rings is 1. The van der Waals surface area contributed by atoms with Crippen LogP contribution in [0.3, 0.4) is 0 Å². The molecule has 3 aromatic rings. The molecular weight excluding hydrogens is 274 g/mol. The Morgan fingerprint density at radius 1 is 1.43 bits per heavy atom. The molecule has 0 saturated heterocycles. The van der Waals surface area contributed by atoms with Gasteiger partial charge in [0.1, 0.15) is 5.52 Å². The Hall–Kier alpha value is -2.90. The molecule has 2 heterocycles. The smallest absolute Gasteiger partial charge is 0.295 e. The molecule has 0 bridgehead atoms. The number of imidazole rings is 1. The summed E-state index contributed by atoms with van der Waals surface area (Å²) in [7, 11) is 0. The standard InChI is InChI=1S/C13H13N5O3/c19-18(20)10-2-3-11-12(8-10)21-13(16-11)15-4-1-6-17-7-5-14-9-17/h2-3,5,7-9H,1,4,6H2,(H,15,16). The van der Waals surface area contributed by atoms with Gasteiger partial charge in [-0.25, -0.2) is 4.98 Å². The van der Waals surface area contributed by atoms with Gasteiger partial charge in [0.05, 0.1) is 17.3 Å². The first-order valence-electron chi connectivity index (χ1n) is 6.47. The van der Waals surface area contributed by atoms with Gasteiger partial charge in [-0.15, -0.1) is 0 Å². The van der Waals surface area contributed by atoms with Crippen molar-refractivity contribution >= 4 is 22.8 Å². The fraction of sp³-hybridized carbons (Fsp3) is 0.231. The van der Waals surface area contributed by atoms with Crippen LogP contribution in [0, 0.1) is 10.1 Å². The maximum Gasteiger partial charge on any atom is 0.295 e. The lowest BCUT2D eigenvalue weighted by Crippen LogP contribution is -2.05. The highest BCUT2D eigenvalue weighted by Crippen LogP contribution is 2.23. The van der Waals surface area contributed by atoms with E-state index in [1.807, 2.05) is 10.8 Å².